The zero-order chi connectivity index (χ0) is 14.1. The molecule has 104 valence electrons. The Balaban J connectivity index is 2.45. The van der Waals surface area contributed by atoms with Crippen LogP contribution in [0.25, 0.3) is 0 Å². The largest absolute Gasteiger partial charge is 0.356 e. The summed E-state index contributed by atoms with van der Waals surface area (Å²) >= 11 is 0. The summed E-state index contributed by atoms with van der Waals surface area (Å²) in [6.07, 6.45) is 1.28. The average Bonchev–Trinajstić information content (AvgIpc) is 2.41. The van der Waals surface area contributed by atoms with Crippen molar-refractivity contribution in [2.45, 2.75) is 33.2 Å². The first kappa shape index (κ1) is 15.2. The van der Waals surface area contributed by atoms with E-state index in [0.29, 0.717) is 26.1 Å². The maximum Gasteiger partial charge on any atom is 0.221 e. The van der Waals surface area contributed by atoms with Gasteiger partial charge in [-0.05, 0) is 12.0 Å². The molecule has 0 radical (unpaired) electrons. The molecule has 0 aliphatic heterocycles. The summed E-state index contributed by atoms with van der Waals surface area (Å²) in [4.78, 5) is 24.8. The van der Waals surface area contributed by atoms with E-state index in [2.05, 4.69) is 5.32 Å². The highest BCUT2D eigenvalue weighted by Crippen LogP contribution is 2.05. The van der Waals surface area contributed by atoms with Gasteiger partial charge in [0.05, 0.1) is 0 Å². The van der Waals surface area contributed by atoms with Crippen LogP contribution in [-0.2, 0) is 16.1 Å². The topological polar surface area (TPSA) is 49.4 Å². The van der Waals surface area contributed by atoms with Crippen LogP contribution in [0.1, 0.15) is 32.3 Å². The molecule has 0 fully saturated rings. The Morgan fingerprint density at radius 3 is 2.47 bits per heavy atom. The lowest BCUT2D eigenvalue weighted by Gasteiger charge is -2.20. The fourth-order valence-electron chi connectivity index (χ4n) is 1.74. The number of hydrogen-bond donors (Lipinski definition) is 1. The van der Waals surface area contributed by atoms with E-state index in [-0.39, 0.29) is 11.8 Å². The van der Waals surface area contributed by atoms with Gasteiger partial charge in [0.1, 0.15) is 0 Å². The molecule has 0 saturated heterocycles. The molecule has 0 saturated carbocycles. The monoisotopic (exact) mass is 262 g/mol. The Morgan fingerprint density at radius 1 is 1.21 bits per heavy atom. The Labute approximate surface area is 114 Å². The molecular formula is C15H22N2O2. The van der Waals surface area contributed by atoms with Crippen LogP contribution in [0, 0.1) is 0 Å². The number of hydrogen-bond acceptors (Lipinski definition) is 2. The minimum Gasteiger partial charge on any atom is -0.356 e. The Kier molecular flexibility index (Phi) is 6.64. The maximum absolute atomic E-state index is 11.6. The minimum absolute atomic E-state index is 0.00108. The van der Waals surface area contributed by atoms with Gasteiger partial charge in [0, 0.05) is 33.0 Å². The summed E-state index contributed by atoms with van der Waals surface area (Å²) < 4.78 is 0. The molecule has 2 amide bonds. The zero-order valence-electron chi connectivity index (χ0n) is 11.7. The first-order valence-electron chi connectivity index (χ1n) is 6.69. The van der Waals surface area contributed by atoms with Gasteiger partial charge in [-0.2, -0.15) is 0 Å². The molecule has 0 aliphatic carbocycles. The lowest BCUT2D eigenvalue weighted by Crippen LogP contribution is -2.33. The molecule has 1 N–H and O–H groups in total. The Morgan fingerprint density at radius 2 is 1.89 bits per heavy atom. The van der Waals surface area contributed by atoms with Gasteiger partial charge in [-0.1, -0.05) is 37.3 Å². The molecule has 0 spiro atoms. The number of carbonyl (C=O) groups is 2. The summed E-state index contributed by atoms with van der Waals surface area (Å²) in [6.45, 7) is 5.25. The lowest BCUT2D eigenvalue weighted by molar-refractivity contribution is -0.130. The molecule has 0 atom stereocenters. The van der Waals surface area contributed by atoms with Crippen molar-refractivity contribution in [2.75, 3.05) is 13.1 Å². The highest BCUT2D eigenvalue weighted by atomic mass is 16.2. The van der Waals surface area contributed by atoms with Crippen molar-refractivity contribution in [2.24, 2.45) is 0 Å². The van der Waals surface area contributed by atoms with Crippen LogP contribution < -0.4 is 5.32 Å². The van der Waals surface area contributed by atoms with Crippen molar-refractivity contribution in [1.82, 2.24) is 10.2 Å². The number of nitrogens with one attached hydrogen (secondary N) is 1. The fourth-order valence-corrected chi connectivity index (χ4v) is 1.74. The van der Waals surface area contributed by atoms with Crippen LogP contribution >= 0.6 is 0 Å². The summed E-state index contributed by atoms with van der Waals surface area (Å²) in [5.74, 6) is -0.00620. The molecule has 0 unspecified atom stereocenters. The number of amides is 2. The van der Waals surface area contributed by atoms with Gasteiger partial charge in [0.15, 0.2) is 0 Å². The predicted octanol–water partition coefficient (Wildman–Crippen LogP) is 1.95. The highest BCUT2D eigenvalue weighted by molar-refractivity contribution is 5.77. The van der Waals surface area contributed by atoms with E-state index in [0.717, 1.165) is 12.0 Å². The van der Waals surface area contributed by atoms with Crippen molar-refractivity contribution >= 4 is 11.8 Å². The van der Waals surface area contributed by atoms with Gasteiger partial charge in [-0.25, -0.2) is 0 Å². The molecule has 1 aromatic carbocycles. The lowest BCUT2D eigenvalue weighted by atomic mass is 10.2. The normalized spacial score (nSPS) is 10.0. The smallest absolute Gasteiger partial charge is 0.221 e. The number of rotatable bonds is 7. The molecular weight excluding hydrogens is 240 g/mol. The van der Waals surface area contributed by atoms with Crippen LogP contribution in [0.3, 0.4) is 0 Å². The van der Waals surface area contributed by atoms with E-state index in [9.17, 15) is 9.59 Å². The van der Waals surface area contributed by atoms with Crippen LogP contribution in [0.2, 0.25) is 0 Å². The first-order chi connectivity index (χ1) is 9.13. The second-order valence-electron chi connectivity index (χ2n) is 4.53. The van der Waals surface area contributed by atoms with E-state index in [4.69, 9.17) is 0 Å². The molecule has 0 aromatic heterocycles. The third-order valence-corrected chi connectivity index (χ3v) is 2.84. The molecule has 19 heavy (non-hydrogen) atoms. The molecule has 0 aliphatic rings. The number of benzene rings is 1. The van der Waals surface area contributed by atoms with Crippen molar-refractivity contribution < 1.29 is 9.59 Å². The van der Waals surface area contributed by atoms with E-state index >= 15 is 0 Å². The maximum atomic E-state index is 11.6. The third kappa shape index (κ3) is 6.04. The van der Waals surface area contributed by atoms with E-state index in [1.54, 1.807) is 4.90 Å². The molecule has 4 heteroatoms. The molecule has 0 heterocycles. The van der Waals surface area contributed by atoms with Gasteiger partial charge >= 0.3 is 0 Å². The quantitative estimate of drug-likeness (QED) is 0.816. The SMILES string of the molecule is CCCNC(=O)CCN(Cc1ccccc1)C(C)=O. The molecule has 4 nitrogen and oxygen atoms in total. The minimum atomic E-state index is -0.00727. The predicted molar refractivity (Wildman–Crippen MR) is 75.5 cm³/mol. The Hall–Kier alpha value is -1.84. The fraction of sp³-hybridized carbons (Fsp3) is 0.467. The summed E-state index contributed by atoms with van der Waals surface area (Å²) in [5.41, 5.74) is 1.08. The molecule has 1 rings (SSSR count). The van der Waals surface area contributed by atoms with Gasteiger partial charge in [-0.3, -0.25) is 9.59 Å². The van der Waals surface area contributed by atoms with Gasteiger partial charge < -0.3 is 10.2 Å². The average molecular weight is 262 g/mol. The van der Waals surface area contributed by atoms with Crippen LogP contribution in [0.4, 0.5) is 0 Å². The first-order valence-corrected chi connectivity index (χ1v) is 6.69. The molecule has 0 bridgehead atoms. The van der Waals surface area contributed by atoms with E-state index < -0.39 is 0 Å². The van der Waals surface area contributed by atoms with Gasteiger partial charge in [0.2, 0.25) is 11.8 Å². The summed E-state index contributed by atoms with van der Waals surface area (Å²) in [6, 6.07) is 9.79. The second kappa shape index (κ2) is 8.29. The van der Waals surface area contributed by atoms with Crippen molar-refractivity contribution in [1.29, 1.82) is 0 Å². The Bertz CT molecular complexity index is 404. The number of nitrogens with zero attached hydrogens (tertiary/aromatic N) is 1. The summed E-state index contributed by atoms with van der Waals surface area (Å²) in [5, 5.41) is 2.81. The van der Waals surface area contributed by atoms with Crippen molar-refractivity contribution in [3.63, 3.8) is 0 Å². The van der Waals surface area contributed by atoms with Crippen LogP contribution in [0.5, 0.6) is 0 Å². The van der Waals surface area contributed by atoms with Gasteiger partial charge in [0.25, 0.3) is 0 Å². The zero-order valence-corrected chi connectivity index (χ0v) is 11.7. The summed E-state index contributed by atoms with van der Waals surface area (Å²) in [7, 11) is 0. The highest BCUT2D eigenvalue weighted by Gasteiger charge is 2.11. The van der Waals surface area contributed by atoms with Crippen molar-refractivity contribution in [3.05, 3.63) is 35.9 Å². The van der Waals surface area contributed by atoms with Crippen LogP contribution in [0.15, 0.2) is 30.3 Å². The number of carbonyl (C=O) groups excluding carboxylic acids is 2. The van der Waals surface area contributed by atoms with Crippen molar-refractivity contribution in [3.8, 4) is 0 Å². The third-order valence-electron chi connectivity index (χ3n) is 2.84. The van der Waals surface area contributed by atoms with Crippen LogP contribution in [-0.4, -0.2) is 29.8 Å². The van der Waals surface area contributed by atoms with Gasteiger partial charge in [-0.15, -0.1) is 0 Å². The second-order valence-corrected chi connectivity index (χ2v) is 4.53. The standard InChI is InChI=1S/C15H22N2O2/c1-3-10-16-15(19)9-11-17(13(2)18)12-14-7-5-4-6-8-14/h4-8H,3,9-12H2,1-2H3,(H,16,19). The van der Waals surface area contributed by atoms with E-state index in [1.165, 1.54) is 6.92 Å². The van der Waals surface area contributed by atoms with E-state index in [1.807, 2.05) is 37.3 Å². The molecule has 1 aromatic rings.